The molecule has 0 spiro atoms. The Hall–Kier alpha value is -1.35. The van der Waals surface area contributed by atoms with Gasteiger partial charge in [0.2, 0.25) is 5.91 Å². The van der Waals surface area contributed by atoms with E-state index in [2.05, 4.69) is 29.7 Å². The lowest BCUT2D eigenvalue weighted by Crippen LogP contribution is -2.47. The van der Waals surface area contributed by atoms with E-state index in [1.807, 2.05) is 18.2 Å². The van der Waals surface area contributed by atoms with Crippen molar-refractivity contribution in [1.29, 1.82) is 0 Å². The van der Waals surface area contributed by atoms with Gasteiger partial charge in [-0.1, -0.05) is 30.3 Å². The first-order valence-electron chi connectivity index (χ1n) is 6.74. The summed E-state index contributed by atoms with van der Waals surface area (Å²) in [5.41, 5.74) is 1.32. The Kier molecular flexibility index (Phi) is 4.37. The summed E-state index contributed by atoms with van der Waals surface area (Å²) in [4.78, 5) is 11.8. The van der Waals surface area contributed by atoms with Crippen molar-refractivity contribution in [1.82, 2.24) is 10.6 Å². The van der Waals surface area contributed by atoms with Crippen LogP contribution in [0.25, 0.3) is 0 Å². The number of amides is 1. The first-order chi connectivity index (χ1) is 8.68. The zero-order valence-corrected chi connectivity index (χ0v) is 11.0. The fourth-order valence-electron chi connectivity index (χ4n) is 2.39. The van der Waals surface area contributed by atoms with Crippen LogP contribution in [0.1, 0.15) is 31.7 Å². The number of aryl methyl sites for hydroxylation is 1. The van der Waals surface area contributed by atoms with E-state index in [-0.39, 0.29) is 11.4 Å². The van der Waals surface area contributed by atoms with E-state index >= 15 is 0 Å². The number of carbonyl (C=O) groups is 1. The molecule has 1 heterocycles. The van der Waals surface area contributed by atoms with Crippen LogP contribution < -0.4 is 10.6 Å². The number of carbonyl (C=O) groups excluding carboxylic acids is 1. The van der Waals surface area contributed by atoms with Gasteiger partial charge in [0, 0.05) is 18.5 Å². The largest absolute Gasteiger partial charge is 0.354 e. The molecule has 98 valence electrons. The quantitative estimate of drug-likeness (QED) is 0.833. The molecule has 1 aromatic carbocycles. The van der Waals surface area contributed by atoms with E-state index < -0.39 is 0 Å². The van der Waals surface area contributed by atoms with Gasteiger partial charge >= 0.3 is 0 Å². The molecule has 0 aromatic heterocycles. The van der Waals surface area contributed by atoms with Gasteiger partial charge in [-0.05, 0) is 38.3 Å². The molecular formula is C15H22N2O. The summed E-state index contributed by atoms with van der Waals surface area (Å²) in [6, 6.07) is 10.1. The average Bonchev–Trinajstić information content (AvgIpc) is 2.83. The predicted molar refractivity (Wildman–Crippen MR) is 73.4 cm³/mol. The predicted octanol–water partition coefficient (Wildman–Crippen LogP) is 1.88. The van der Waals surface area contributed by atoms with E-state index in [9.17, 15) is 4.79 Å². The second-order valence-electron chi connectivity index (χ2n) is 5.35. The summed E-state index contributed by atoms with van der Waals surface area (Å²) in [7, 11) is 0. The third-order valence-electron chi connectivity index (χ3n) is 3.62. The maximum atomic E-state index is 11.8. The van der Waals surface area contributed by atoms with Crippen molar-refractivity contribution in [2.24, 2.45) is 0 Å². The molecule has 1 fully saturated rings. The fraction of sp³-hybridized carbons (Fsp3) is 0.533. The van der Waals surface area contributed by atoms with Crippen LogP contribution in [-0.4, -0.2) is 24.5 Å². The van der Waals surface area contributed by atoms with Crippen LogP contribution in [0.5, 0.6) is 0 Å². The molecule has 2 rings (SSSR count). The van der Waals surface area contributed by atoms with Crippen LogP contribution in [0.3, 0.4) is 0 Å². The zero-order chi connectivity index (χ0) is 12.8. The highest BCUT2D eigenvalue weighted by Crippen LogP contribution is 2.17. The molecule has 0 radical (unpaired) electrons. The minimum absolute atomic E-state index is 0.0996. The van der Waals surface area contributed by atoms with E-state index in [1.165, 1.54) is 12.0 Å². The number of benzene rings is 1. The molecule has 2 N–H and O–H groups in total. The summed E-state index contributed by atoms with van der Waals surface area (Å²) >= 11 is 0. The smallest absolute Gasteiger partial charge is 0.220 e. The zero-order valence-electron chi connectivity index (χ0n) is 11.0. The van der Waals surface area contributed by atoms with Crippen molar-refractivity contribution in [3.63, 3.8) is 0 Å². The van der Waals surface area contributed by atoms with Crippen molar-refractivity contribution in [3.8, 4) is 0 Å². The summed E-state index contributed by atoms with van der Waals surface area (Å²) in [5, 5.41) is 6.48. The number of hydrogen-bond donors (Lipinski definition) is 2. The monoisotopic (exact) mass is 246 g/mol. The second kappa shape index (κ2) is 6.01. The molecule has 1 amide bonds. The van der Waals surface area contributed by atoms with E-state index in [0.29, 0.717) is 6.42 Å². The summed E-state index contributed by atoms with van der Waals surface area (Å²) < 4.78 is 0. The third-order valence-corrected chi connectivity index (χ3v) is 3.62. The Morgan fingerprint density at radius 2 is 2.17 bits per heavy atom. The van der Waals surface area contributed by atoms with Crippen molar-refractivity contribution in [2.75, 3.05) is 13.1 Å². The van der Waals surface area contributed by atoms with Crippen molar-refractivity contribution < 1.29 is 4.79 Å². The van der Waals surface area contributed by atoms with E-state index in [4.69, 9.17) is 0 Å². The third kappa shape index (κ3) is 3.84. The number of nitrogens with one attached hydrogen (secondary N) is 2. The van der Waals surface area contributed by atoms with Gasteiger partial charge in [-0.3, -0.25) is 4.79 Å². The highest BCUT2D eigenvalue weighted by Gasteiger charge is 2.27. The van der Waals surface area contributed by atoms with E-state index in [1.54, 1.807) is 0 Å². The van der Waals surface area contributed by atoms with Gasteiger partial charge in [0.15, 0.2) is 0 Å². The van der Waals surface area contributed by atoms with Gasteiger partial charge in [-0.25, -0.2) is 0 Å². The summed E-state index contributed by atoms with van der Waals surface area (Å²) in [6.45, 7) is 3.98. The SMILES string of the molecule is CC1(CNC(=O)CCc2ccccc2)CCCN1. The molecule has 1 aliphatic rings. The van der Waals surface area contributed by atoms with Gasteiger partial charge in [0.05, 0.1) is 0 Å². The van der Waals surface area contributed by atoms with Crippen molar-refractivity contribution in [2.45, 2.75) is 38.1 Å². The van der Waals surface area contributed by atoms with E-state index in [0.717, 1.165) is 25.9 Å². The Morgan fingerprint density at radius 3 is 2.83 bits per heavy atom. The molecular weight excluding hydrogens is 224 g/mol. The Balaban J connectivity index is 1.69. The highest BCUT2D eigenvalue weighted by atomic mass is 16.1. The van der Waals surface area contributed by atoms with Gasteiger partial charge in [0.25, 0.3) is 0 Å². The van der Waals surface area contributed by atoms with Crippen molar-refractivity contribution in [3.05, 3.63) is 35.9 Å². The minimum Gasteiger partial charge on any atom is -0.354 e. The molecule has 3 nitrogen and oxygen atoms in total. The van der Waals surface area contributed by atoms with Crippen LogP contribution in [0, 0.1) is 0 Å². The van der Waals surface area contributed by atoms with Crippen LogP contribution in [0.15, 0.2) is 30.3 Å². The Labute approximate surface area is 109 Å². The van der Waals surface area contributed by atoms with Crippen LogP contribution in [0.2, 0.25) is 0 Å². The maximum Gasteiger partial charge on any atom is 0.220 e. The molecule has 0 saturated carbocycles. The first kappa shape index (κ1) is 13.1. The lowest BCUT2D eigenvalue weighted by Gasteiger charge is -2.24. The molecule has 1 aliphatic heterocycles. The molecule has 1 unspecified atom stereocenters. The second-order valence-corrected chi connectivity index (χ2v) is 5.35. The maximum absolute atomic E-state index is 11.8. The molecule has 18 heavy (non-hydrogen) atoms. The first-order valence-corrected chi connectivity index (χ1v) is 6.74. The van der Waals surface area contributed by atoms with Crippen molar-refractivity contribution >= 4 is 5.91 Å². The van der Waals surface area contributed by atoms with Crippen LogP contribution in [0.4, 0.5) is 0 Å². The van der Waals surface area contributed by atoms with Gasteiger partial charge in [-0.15, -0.1) is 0 Å². The normalized spacial score (nSPS) is 22.9. The van der Waals surface area contributed by atoms with Gasteiger partial charge in [0.1, 0.15) is 0 Å². The topological polar surface area (TPSA) is 41.1 Å². The summed E-state index contributed by atoms with van der Waals surface area (Å²) in [6.07, 6.45) is 3.74. The van der Waals surface area contributed by atoms with Gasteiger partial charge in [-0.2, -0.15) is 0 Å². The highest BCUT2D eigenvalue weighted by molar-refractivity contribution is 5.76. The lowest BCUT2D eigenvalue weighted by molar-refractivity contribution is -0.121. The molecule has 1 atom stereocenters. The molecule has 0 bridgehead atoms. The Bertz CT molecular complexity index is 383. The molecule has 1 saturated heterocycles. The summed E-state index contributed by atoms with van der Waals surface area (Å²) in [5.74, 6) is 0.147. The molecule has 1 aromatic rings. The average molecular weight is 246 g/mol. The fourth-order valence-corrected chi connectivity index (χ4v) is 2.39. The number of rotatable bonds is 5. The minimum atomic E-state index is 0.0996. The van der Waals surface area contributed by atoms with Crippen LogP contribution >= 0.6 is 0 Å². The van der Waals surface area contributed by atoms with Gasteiger partial charge < -0.3 is 10.6 Å². The molecule has 0 aliphatic carbocycles. The Morgan fingerprint density at radius 1 is 1.39 bits per heavy atom. The van der Waals surface area contributed by atoms with Crippen LogP contribution in [-0.2, 0) is 11.2 Å². The number of hydrogen-bond acceptors (Lipinski definition) is 2. The molecule has 3 heteroatoms. The lowest BCUT2D eigenvalue weighted by atomic mass is 10.0. The standard InChI is InChI=1S/C15H22N2O/c1-15(10-5-11-17-15)12-16-14(18)9-8-13-6-3-2-4-7-13/h2-4,6-7,17H,5,8-12H2,1H3,(H,16,18).